The van der Waals surface area contributed by atoms with E-state index in [0.29, 0.717) is 0 Å². The SMILES string of the molecule is OC1(C2=CCCCC2)Cc2ccccc2C1. The van der Waals surface area contributed by atoms with E-state index in [-0.39, 0.29) is 0 Å². The smallest absolute Gasteiger partial charge is 0.0937 e. The molecule has 2 aliphatic carbocycles. The molecule has 0 radical (unpaired) electrons. The van der Waals surface area contributed by atoms with Crippen LogP contribution < -0.4 is 0 Å². The van der Waals surface area contributed by atoms with Gasteiger partial charge in [-0.2, -0.15) is 0 Å². The number of aliphatic hydroxyl groups is 1. The van der Waals surface area contributed by atoms with Gasteiger partial charge in [0, 0.05) is 12.8 Å². The van der Waals surface area contributed by atoms with Gasteiger partial charge in [-0.15, -0.1) is 0 Å². The Bertz CT molecular complexity index is 406. The second kappa shape index (κ2) is 3.74. The lowest BCUT2D eigenvalue weighted by atomic mass is 9.83. The molecule has 16 heavy (non-hydrogen) atoms. The van der Waals surface area contributed by atoms with Gasteiger partial charge in [0.25, 0.3) is 0 Å². The van der Waals surface area contributed by atoms with Gasteiger partial charge in [-0.3, -0.25) is 0 Å². The predicted octanol–water partition coefficient (Wildman–Crippen LogP) is 3.02. The first-order valence-corrected chi connectivity index (χ1v) is 6.27. The summed E-state index contributed by atoms with van der Waals surface area (Å²) in [4.78, 5) is 0. The fraction of sp³-hybridized carbons (Fsp3) is 0.467. The molecule has 1 nitrogen and oxygen atoms in total. The van der Waals surface area contributed by atoms with Crippen molar-refractivity contribution in [1.29, 1.82) is 0 Å². The molecule has 0 amide bonds. The minimum Gasteiger partial charge on any atom is -0.385 e. The maximum atomic E-state index is 10.8. The number of benzene rings is 1. The van der Waals surface area contributed by atoms with Crippen LogP contribution >= 0.6 is 0 Å². The molecule has 0 fully saturated rings. The number of rotatable bonds is 1. The molecule has 1 aromatic carbocycles. The van der Waals surface area contributed by atoms with Crippen LogP contribution in [-0.4, -0.2) is 10.7 Å². The summed E-state index contributed by atoms with van der Waals surface area (Å²) < 4.78 is 0. The normalized spacial score (nSPS) is 22.7. The Morgan fingerprint density at radius 3 is 2.25 bits per heavy atom. The van der Waals surface area contributed by atoms with Gasteiger partial charge in [-0.25, -0.2) is 0 Å². The highest BCUT2D eigenvalue weighted by Gasteiger charge is 2.38. The average molecular weight is 214 g/mol. The summed E-state index contributed by atoms with van der Waals surface area (Å²) in [5.74, 6) is 0. The van der Waals surface area contributed by atoms with Crippen molar-refractivity contribution in [1.82, 2.24) is 0 Å². The molecule has 0 aromatic heterocycles. The van der Waals surface area contributed by atoms with Crippen molar-refractivity contribution in [3.8, 4) is 0 Å². The lowest BCUT2D eigenvalue weighted by molar-refractivity contribution is 0.0844. The summed E-state index contributed by atoms with van der Waals surface area (Å²) in [6.45, 7) is 0. The monoisotopic (exact) mass is 214 g/mol. The average Bonchev–Trinajstić information content (AvgIpc) is 2.68. The molecule has 0 saturated heterocycles. The van der Waals surface area contributed by atoms with E-state index in [1.807, 2.05) is 0 Å². The fourth-order valence-corrected chi connectivity index (χ4v) is 3.08. The molecule has 0 bridgehead atoms. The van der Waals surface area contributed by atoms with Crippen molar-refractivity contribution in [2.75, 3.05) is 0 Å². The maximum absolute atomic E-state index is 10.8. The highest BCUT2D eigenvalue weighted by Crippen LogP contribution is 2.38. The van der Waals surface area contributed by atoms with E-state index in [4.69, 9.17) is 0 Å². The van der Waals surface area contributed by atoms with E-state index < -0.39 is 5.60 Å². The molecule has 0 spiro atoms. The van der Waals surface area contributed by atoms with Gasteiger partial charge in [0.1, 0.15) is 0 Å². The number of hydrogen-bond acceptors (Lipinski definition) is 1. The predicted molar refractivity (Wildman–Crippen MR) is 65.4 cm³/mol. The summed E-state index contributed by atoms with van der Waals surface area (Å²) in [6, 6.07) is 8.44. The molecule has 2 aliphatic rings. The van der Waals surface area contributed by atoms with Crippen LogP contribution in [0, 0.1) is 0 Å². The maximum Gasteiger partial charge on any atom is 0.0937 e. The van der Waals surface area contributed by atoms with Gasteiger partial charge >= 0.3 is 0 Å². The lowest BCUT2D eigenvalue weighted by Gasteiger charge is -2.28. The Hall–Kier alpha value is -1.08. The summed E-state index contributed by atoms with van der Waals surface area (Å²) in [7, 11) is 0. The third-order valence-corrected chi connectivity index (χ3v) is 3.97. The van der Waals surface area contributed by atoms with Crippen LogP contribution in [0.3, 0.4) is 0 Å². The first-order chi connectivity index (χ1) is 7.78. The molecule has 0 unspecified atom stereocenters. The minimum absolute atomic E-state index is 0.565. The molecular weight excluding hydrogens is 196 g/mol. The second-order valence-electron chi connectivity index (χ2n) is 5.13. The zero-order chi connectivity index (χ0) is 11.0. The zero-order valence-corrected chi connectivity index (χ0v) is 9.58. The van der Waals surface area contributed by atoms with Gasteiger partial charge in [0.2, 0.25) is 0 Å². The molecule has 0 saturated carbocycles. The van der Waals surface area contributed by atoms with Crippen molar-refractivity contribution in [3.63, 3.8) is 0 Å². The number of fused-ring (bicyclic) bond motifs is 1. The highest BCUT2D eigenvalue weighted by molar-refractivity contribution is 5.40. The molecular formula is C15H18O. The third kappa shape index (κ3) is 1.60. The van der Waals surface area contributed by atoms with Crippen molar-refractivity contribution in [2.24, 2.45) is 0 Å². The van der Waals surface area contributed by atoms with E-state index in [1.165, 1.54) is 29.5 Å². The molecule has 3 rings (SSSR count). The van der Waals surface area contributed by atoms with E-state index in [2.05, 4.69) is 30.3 Å². The molecule has 1 N–H and O–H groups in total. The van der Waals surface area contributed by atoms with E-state index in [0.717, 1.165) is 25.7 Å². The summed E-state index contributed by atoms with van der Waals surface area (Å²) in [5.41, 5.74) is 3.38. The van der Waals surface area contributed by atoms with E-state index in [9.17, 15) is 5.11 Å². The highest BCUT2D eigenvalue weighted by atomic mass is 16.3. The topological polar surface area (TPSA) is 20.2 Å². The largest absolute Gasteiger partial charge is 0.385 e. The van der Waals surface area contributed by atoms with Crippen molar-refractivity contribution >= 4 is 0 Å². The third-order valence-electron chi connectivity index (χ3n) is 3.97. The van der Waals surface area contributed by atoms with Crippen LogP contribution in [-0.2, 0) is 12.8 Å². The van der Waals surface area contributed by atoms with Crippen LogP contribution in [0.5, 0.6) is 0 Å². The van der Waals surface area contributed by atoms with E-state index >= 15 is 0 Å². The summed E-state index contributed by atoms with van der Waals surface area (Å²) >= 11 is 0. The zero-order valence-electron chi connectivity index (χ0n) is 9.58. The van der Waals surface area contributed by atoms with Gasteiger partial charge in [-0.05, 0) is 42.4 Å². The fourth-order valence-electron chi connectivity index (χ4n) is 3.08. The molecule has 1 heteroatoms. The Kier molecular flexibility index (Phi) is 2.36. The Labute approximate surface area is 96.8 Å². The van der Waals surface area contributed by atoms with Gasteiger partial charge in [-0.1, -0.05) is 30.3 Å². The molecule has 0 heterocycles. The second-order valence-corrected chi connectivity index (χ2v) is 5.13. The Morgan fingerprint density at radius 1 is 1.00 bits per heavy atom. The van der Waals surface area contributed by atoms with Crippen molar-refractivity contribution in [3.05, 3.63) is 47.0 Å². The summed E-state index contributed by atoms with van der Waals surface area (Å²) in [5, 5.41) is 10.8. The first kappa shape index (κ1) is 10.1. The van der Waals surface area contributed by atoms with Crippen LogP contribution in [0.1, 0.15) is 36.8 Å². The van der Waals surface area contributed by atoms with Crippen LogP contribution in [0.2, 0.25) is 0 Å². The first-order valence-electron chi connectivity index (χ1n) is 6.27. The van der Waals surface area contributed by atoms with Gasteiger partial charge in [0.05, 0.1) is 5.60 Å². The van der Waals surface area contributed by atoms with Gasteiger partial charge < -0.3 is 5.11 Å². The lowest BCUT2D eigenvalue weighted by Crippen LogP contribution is -2.32. The quantitative estimate of drug-likeness (QED) is 0.712. The van der Waals surface area contributed by atoms with Crippen LogP contribution in [0.4, 0.5) is 0 Å². The Morgan fingerprint density at radius 2 is 1.69 bits per heavy atom. The minimum atomic E-state index is -0.565. The standard InChI is InChI=1S/C15H18O/c16-15(14-8-2-1-3-9-14)10-12-6-4-5-7-13(12)11-15/h4-8,16H,1-3,9-11H2. The molecule has 1 aromatic rings. The van der Waals surface area contributed by atoms with Crippen LogP contribution in [0.25, 0.3) is 0 Å². The molecule has 84 valence electrons. The van der Waals surface area contributed by atoms with E-state index in [1.54, 1.807) is 0 Å². The van der Waals surface area contributed by atoms with Crippen molar-refractivity contribution in [2.45, 2.75) is 44.1 Å². The van der Waals surface area contributed by atoms with Crippen LogP contribution in [0.15, 0.2) is 35.9 Å². The number of allylic oxidation sites excluding steroid dienone is 1. The Balaban J connectivity index is 1.90. The van der Waals surface area contributed by atoms with Gasteiger partial charge in [0.15, 0.2) is 0 Å². The van der Waals surface area contributed by atoms with Crippen molar-refractivity contribution < 1.29 is 5.11 Å². The summed E-state index contributed by atoms with van der Waals surface area (Å²) in [6.07, 6.45) is 8.66. The molecule has 0 aliphatic heterocycles. The molecule has 0 atom stereocenters. The number of hydrogen-bond donors (Lipinski definition) is 1.